The van der Waals surface area contributed by atoms with Crippen LogP contribution in [0.1, 0.15) is 46.0 Å². The van der Waals surface area contributed by atoms with Crippen LogP contribution in [0.5, 0.6) is 0 Å². The Balaban J connectivity index is 0.00000220. The summed E-state index contributed by atoms with van der Waals surface area (Å²) in [5.41, 5.74) is 6.15. The van der Waals surface area contributed by atoms with Crippen LogP contribution >= 0.6 is 24.0 Å². The van der Waals surface area contributed by atoms with Crippen molar-refractivity contribution in [3.05, 3.63) is 0 Å². The van der Waals surface area contributed by atoms with Crippen LogP contribution in [-0.2, 0) is 0 Å². The number of nitrogens with two attached hydrogens (primary N) is 1. The van der Waals surface area contributed by atoms with E-state index in [1.165, 1.54) is 51.7 Å². The summed E-state index contributed by atoms with van der Waals surface area (Å²) in [7, 11) is 0. The van der Waals surface area contributed by atoms with Crippen molar-refractivity contribution in [2.24, 2.45) is 22.6 Å². The van der Waals surface area contributed by atoms with Gasteiger partial charge >= 0.3 is 0 Å². The van der Waals surface area contributed by atoms with E-state index in [1.807, 2.05) is 0 Å². The first-order chi connectivity index (χ1) is 9.65. The van der Waals surface area contributed by atoms with E-state index in [-0.39, 0.29) is 24.0 Å². The van der Waals surface area contributed by atoms with Crippen molar-refractivity contribution in [3.63, 3.8) is 0 Å². The number of rotatable bonds is 4. The molecule has 2 heterocycles. The summed E-state index contributed by atoms with van der Waals surface area (Å²) in [6, 6.07) is 0. The lowest BCUT2D eigenvalue weighted by molar-refractivity contribution is 0.202. The molecule has 0 aromatic carbocycles. The molecule has 5 heteroatoms. The summed E-state index contributed by atoms with van der Waals surface area (Å²) in [5.74, 6) is 2.12. The van der Waals surface area contributed by atoms with Crippen molar-refractivity contribution in [2.45, 2.75) is 46.0 Å². The number of aliphatic imine (C=N–C) groups is 1. The first kappa shape index (κ1) is 19.0. The molecule has 124 valence electrons. The van der Waals surface area contributed by atoms with E-state index in [0.29, 0.717) is 5.92 Å². The van der Waals surface area contributed by atoms with Crippen molar-refractivity contribution >= 4 is 29.9 Å². The Morgan fingerprint density at radius 2 is 1.90 bits per heavy atom. The molecule has 0 bridgehead atoms. The van der Waals surface area contributed by atoms with E-state index >= 15 is 0 Å². The first-order valence-electron chi connectivity index (χ1n) is 8.42. The minimum atomic E-state index is 0. The highest BCUT2D eigenvalue weighted by molar-refractivity contribution is 14.0. The third-order valence-corrected chi connectivity index (χ3v) is 4.56. The Bertz CT molecular complexity index is 315. The SMILES string of the molecule is CC(CN=C(N)N1CCCC(C)C1)CN1CCCCC1.I. The molecule has 0 aromatic heterocycles. The molecule has 2 rings (SSSR count). The van der Waals surface area contributed by atoms with Crippen LogP contribution in [-0.4, -0.2) is 55.0 Å². The molecule has 0 aliphatic carbocycles. The van der Waals surface area contributed by atoms with Crippen LogP contribution in [0.4, 0.5) is 0 Å². The highest BCUT2D eigenvalue weighted by atomic mass is 127. The second-order valence-corrected chi connectivity index (χ2v) is 6.86. The molecule has 0 spiro atoms. The van der Waals surface area contributed by atoms with Gasteiger partial charge in [0.15, 0.2) is 5.96 Å². The lowest BCUT2D eigenvalue weighted by Crippen LogP contribution is -2.44. The zero-order valence-electron chi connectivity index (χ0n) is 13.8. The number of likely N-dealkylation sites (tertiary alicyclic amines) is 2. The van der Waals surface area contributed by atoms with E-state index in [4.69, 9.17) is 5.73 Å². The van der Waals surface area contributed by atoms with E-state index in [2.05, 4.69) is 28.6 Å². The zero-order chi connectivity index (χ0) is 14.4. The molecule has 0 radical (unpaired) electrons. The smallest absolute Gasteiger partial charge is 0.191 e. The van der Waals surface area contributed by atoms with Gasteiger partial charge in [-0.15, -0.1) is 24.0 Å². The van der Waals surface area contributed by atoms with Crippen molar-refractivity contribution in [3.8, 4) is 0 Å². The number of halogens is 1. The van der Waals surface area contributed by atoms with Gasteiger partial charge in [0.05, 0.1) is 0 Å². The van der Waals surface area contributed by atoms with E-state index in [1.54, 1.807) is 0 Å². The summed E-state index contributed by atoms with van der Waals surface area (Å²) < 4.78 is 0. The van der Waals surface area contributed by atoms with E-state index in [9.17, 15) is 0 Å². The van der Waals surface area contributed by atoms with Gasteiger partial charge < -0.3 is 15.5 Å². The molecule has 2 aliphatic heterocycles. The van der Waals surface area contributed by atoms with E-state index in [0.717, 1.165) is 31.5 Å². The summed E-state index contributed by atoms with van der Waals surface area (Å²) >= 11 is 0. The Morgan fingerprint density at radius 3 is 2.57 bits per heavy atom. The quantitative estimate of drug-likeness (QED) is 0.442. The fourth-order valence-corrected chi connectivity index (χ4v) is 3.39. The van der Waals surface area contributed by atoms with Crippen LogP contribution in [0, 0.1) is 11.8 Å². The van der Waals surface area contributed by atoms with Gasteiger partial charge in [-0.3, -0.25) is 4.99 Å². The molecule has 4 nitrogen and oxygen atoms in total. The van der Waals surface area contributed by atoms with Gasteiger partial charge in [-0.25, -0.2) is 0 Å². The van der Waals surface area contributed by atoms with Crippen LogP contribution in [0.25, 0.3) is 0 Å². The van der Waals surface area contributed by atoms with Crippen molar-refractivity contribution < 1.29 is 0 Å². The Kier molecular flexibility index (Phi) is 8.94. The second-order valence-electron chi connectivity index (χ2n) is 6.86. The molecule has 0 saturated carbocycles. The predicted molar refractivity (Wildman–Crippen MR) is 101 cm³/mol. The lowest BCUT2D eigenvalue weighted by atomic mass is 10.0. The van der Waals surface area contributed by atoms with Gasteiger partial charge in [-0.2, -0.15) is 0 Å². The normalized spacial score (nSPS) is 26.3. The predicted octanol–water partition coefficient (Wildman–Crippen LogP) is 2.77. The molecule has 2 aliphatic rings. The summed E-state index contributed by atoms with van der Waals surface area (Å²) in [6.07, 6.45) is 6.71. The fourth-order valence-electron chi connectivity index (χ4n) is 3.39. The third-order valence-electron chi connectivity index (χ3n) is 4.56. The molecule has 2 unspecified atom stereocenters. The number of guanidine groups is 1. The average Bonchev–Trinajstić information content (AvgIpc) is 2.46. The molecule has 21 heavy (non-hydrogen) atoms. The fraction of sp³-hybridized carbons (Fsp3) is 0.938. The van der Waals surface area contributed by atoms with Gasteiger partial charge in [0.1, 0.15) is 0 Å². The molecular weight excluding hydrogens is 375 g/mol. The molecule has 0 amide bonds. The van der Waals surface area contributed by atoms with Crippen molar-refractivity contribution in [2.75, 3.05) is 39.3 Å². The largest absolute Gasteiger partial charge is 0.370 e. The maximum absolute atomic E-state index is 6.15. The molecule has 0 aromatic rings. The number of hydrogen-bond donors (Lipinski definition) is 1. The Labute approximate surface area is 147 Å². The monoisotopic (exact) mass is 408 g/mol. The van der Waals surface area contributed by atoms with Gasteiger partial charge in [-0.1, -0.05) is 20.3 Å². The van der Waals surface area contributed by atoms with E-state index < -0.39 is 0 Å². The van der Waals surface area contributed by atoms with Crippen molar-refractivity contribution in [1.29, 1.82) is 0 Å². The maximum atomic E-state index is 6.15. The number of piperidine rings is 2. The average molecular weight is 408 g/mol. The Hall–Kier alpha value is -0.0400. The van der Waals surface area contributed by atoms with Crippen LogP contribution in [0.2, 0.25) is 0 Å². The standard InChI is InChI=1S/C16H32N4.HI/c1-14-7-6-10-20(13-14)16(17)18-11-15(2)12-19-8-4-3-5-9-19;/h14-15H,3-13H2,1-2H3,(H2,17,18);1H. The molecule has 2 atom stereocenters. The highest BCUT2D eigenvalue weighted by Crippen LogP contribution is 2.15. The van der Waals surface area contributed by atoms with Gasteiger partial charge in [-0.05, 0) is 50.6 Å². The highest BCUT2D eigenvalue weighted by Gasteiger charge is 2.18. The van der Waals surface area contributed by atoms with Gasteiger partial charge in [0.2, 0.25) is 0 Å². The molecule has 2 N–H and O–H groups in total. The summed E-state index contributed by atoms with van der Waals surface area (Å²) in [4.78, 5) is 9.49. The third kappa shape index (κ3) is 6.72. The molecule has 2 saturated heterocycles. The van der Waals surface area contributed by atoms with Gasteiger partial charge in [0.25, 0.3) is 0 Å². The topological polar surface area (TPSA) is 44.9 Å². The van der Waals surface area contributed by atoms with Crippen LogP contribution in [0.3, 0.4) is 0 Å². The zero-order valence-corrected chi connectivity index (χ0v) is 16.1. The van der Waals surface area contributed by atoms with Crippen LogP contribution in [0.15, 0.2) is 4.99 Å². The molecular formula is C16H33IN4. The Morgan fingerprint density at radius 1 is 1.19 bits per heavy atom. The molecule has 2 fully saturated rings. The number of nitrogens with zero attached hydrogens (tertiary/aromatic N) is 3. The minimum absolute atomic E-state index is 0. The number of hydrogen-bond acceptors (Lipinski definition) is 2. The minimum Gasteiger partial charge on any atom is -0.370 e. The first-order valence-corrected chi connectivity index (χ1v) is 8.42. The maximum Gasteiger partial charge on any atom is 0.191 e. The summed E-state index contributed by atoms with van der Waals surface area (Å²) in [6.45, 7) is 11.3. The van der Waals surface area contributed by atoms with Gasteiger partial charge in [0, 0.05) is 26.2 Å². The van der Waals surface area contributed by atoms with Crippen LogP contribution < -0.4 is 5.73 Å². The second kappa shape index (κ2) is 9.87. The van der Waals surface area contributed by atoms with Crippen molar-refractivity contribution in [1.82, 2.24) is 9.80 Å². The summed E-state index contributed by atoms with van der Waals surface area (Å²) in [5, 5.41) is 0. The lowest BCUT2D eigenvalue weighted by Gasteiger charge is -2.32.